The minimum absolute atomic E-state index is 0.0177. The fourth-order valence-corrected chi connectivity index (χ4v) is 6.71. The van der Waals surface area contributed by atoms with Crippen LogP contribution in [0, 0.1) is 0 Å². The molecule has 236 valence electrons. The van der Waals surface area contributed by atoms with Crippen molar-refractivity contribution in [3.8, 4) is 17.2 Å². The second-order valence-electron chi connectivity index (χ2n) is 11.9. The van der Waals surface area contributed by atoms with Gasteiger partial charge in [0.1, 0.15) is 22.8 Å². The Hall–Kier alpha value is -3.43. The maximum atomic E-state index is 13.8. The second-order valence-corrected chi connectivity index (χ2v) is 11.9. The standard InChI is InChI=1S/C31H36N2O11/c1-14-26(35)17(32)10-21(43-14)44-19-12-31(40,20(34)13-33-6-8-42-9-7-33)11-16-23(19)30(39)25-24(28(16)37)27(36)15-4-3-5-18(41-2)22(15)29(25)38/h3-5,14,17,19,21,26,35,37,39-40H,6-13,32H2,1-2H3/t14?,17?,19?,21-,26-,31?/m1/s1. The number of methoxy groups -OCH3 is 1. The van der Waals surface area contributed by atoms with Gasteiger partial charge in [0.05, 0.1) is 61.9 Å². The largest absolute Gasteiger partial charge is 0.507 e. The van der Waals surface area contributed by atoms with Crippen molar-refractivity contribution in [3.05, 3.63) is 51.6 Å². The van der Waals surface area contributed by atoms with Crippen LogP contribution in [0.25, 0.3) is 0 Å². The third-order valence-electron chi connectivity index (χ3n) is 9.13. The number of aliphatic hydroxyl groups excluding tert-OH is 1. The van der Waals surface area contributed by atoms with Crippen LogP contribution in [0.3, 0.4) is 0 Å². The average Bonchev–Trinajstić information content (AvgIpc) is 3.00. The number of morpholine rings is 1. The third kappa shape index (κ3) is 4.98. The lowest BCUT2D eigenvalue weighted by Gasteiger charge is -2.42. The highest BCUT2D eigenvalue weighted by molar-refractivity contribution is 6.31. The molecule has 6 atom stereocenters. The number of nitrogens with zero attached hydrogens (tertiary/aromatic N) is 1. The van der Waals surface area contributed by atoms with Crippen molar-refractivity contribution in [1.82, 2.24) is 4.90 Å². The highest BCUT2D eigenvalue weighted by atomic mass is 16.7. The number of hydrogen-bond donors (Lipinski definition) is 5. The molecule has 0 saturated carbocycles. The van der Waals surface area contributed by atoms with Gasteiger partial charge >= 0.3 is 0 Å². The van der Waals surface area contributed by atoms with Gasteiger partial charge in [0.15, 0.2) is 17.9 Å². The second kappa shape index (κ2) is 11.5. The van der Waals surface area contributed by atoms with Gasteiger partial charge in [-0.15, -0.1) is 0 Å². The first kappa shape index (κ1) is 30.6. The molecule has 2 aromatic carbocycles. The normalized spacial score (nSPS) is 30.3. The summed E-state index contributed by atoms with van der Waals surface area (Å²) in [7, 11) is 1.35. The first-order valence-electron chi connectivity index (χ1n) is 14.6. The zero-order chi connectivity index (χ0) is 31.5. The maximum absolute atomic E-state index is 13.8. The summed E-state index contributed by atoms with van der Waals surface area (Å²) in [5.41, 5.74) is 2.98. The Labute approximate surface area is 253 Å². The molecule has 44 heavy (non-hydrogen) atoms. The smallest absolute Gasteiger partial charge is 0.202 e. The van der Waals surface area contributed by atoms with Crippen LogP contribution in [0.4, 0.5) is 0 Å². The number of Topliss-reactive ketones (excluding diaryl/α,β-unsaturated/α-hetero) is 1. The SMILES string of the molecule is COc1cccc2c1C(=O)c1c(O)c3c(c(O)c1C2=O)CC(O)(C(=O)CN1CCOCC1)CC3O[C@@H]1CC(N)[C@H](O)C(C)O1. The molecule has 2 aliphatic heterocycles. The van der Waals surface area contributed by atoms with E-state index >= 15 is 0 Å². The van der Waals surface area contributed by atoms with Crippen LogP contribution in [0.1, 0.15) is 68.8 Å². The summed E-state index contributed by atoms with van der Waals surface area (Å²) < 4.78 is 22.7. The summed E-state index contributed by atoms with van der Waals surface area (Å²) in [4.78, 5) is 43.1. The molecule has 0 radical (unpaired) electrons. The van der Waals surface area contributed by atoms with Gasteiger partial charge in [-0.05, 0) is 13.0 Å². The summed E-state index contributed by atoms with van der Waals surface area (Å²) in [5, 5.41) is 45.5. The molecule has 6 rings (SSSR count). The Bertz CT molecular complexity index is 1510. The fraction of sp³-hybridized carbons (Fsp3) is 0.516. The van der Waals surface area contributed by atoms with Crippen molar-refractivity contribution in [3.63, 3.8) is 0 Å². The molecular formula is C31H36N2O11. The van der Waals surface area contributed by atoms with Gasteiger partial charge in [-0.1, -0.05) is 12.1 Å². The zero-order valence-electron chi connectivity index (χ0n) is 24.4. The number of aromatic hydroxyl groups is 2. The molecule has 0 bridgehead atoms. The number of nitrogens with two attached hydrogens (primary N) is 1. The first-order chi connectivity index (χ1) is 20.9. The van der Waals surface area contributed by atoms with Crippen LogP contribution >= 0.6 is 0 Å². The lowest BCUT2D eigenvalue weighted by atomic mass is 9.71. The number of phenolic OH excluding ortho intramolecular Hbond substituents is 2. The molecule has 13 nitrogen and oxygen atoms in total. The van der Waals surface area contributed by atoms with Crippen LogP contribution in [0.5, 0.6) is 17.2 Å². The molecule has 6 N–H and O–H groups in total. The Kier molecular flexibility index (Phi) is 7.99. The summed E-state index contributed by atoms with van der Waals surface area (Å²) in [6, 6.07) is 3.76. The number of benzene rings is 2. The number of ketones is 3. The number of fused-ring (bicyclic) bond motifs is 3. The number of rotatable bonds is 6. The number of carbonyl (C=O) groups excluding carboxylic acids is 3. The molecule has 4 unspecified atom stereocenters. The predicted octanol–water partition coefficient (Wildman–Crippen LogP) is 0.341. The average molecular weight is 613 g/mol. The van der Waals surface area contributed by atoms with Crippen molar-refractivity contribution in [2.45, 2.75) is 62.4 Å². The summed E-state index contributed by atoms with van der Waals surface area (Å²) in [5.74, 6) is -3.12. The molecule has 2 aliphatic carbocycles. The number of phenols is 2. The van der Waals surface area contributed by atoms with Gasteiger partial charge in [0.25, 0.3) is 0 Å². The molecule has 2 heterocycles. The molecule has 0 amide bonds. The third-order valence-corrected chi connectivity index (χ3v) is 9.13. The Morgan fingerprint density at radius 1 is 1.11 bits per heavy atom. The minimum Gasteiger partial charge on any atom is -0.507 e. The minimum atomic E-state index is -2.07. The van der Waals surface area contributed by atoms with Gasteiger partial charge in [-0.2, -0.15) is 0 Å². The molecule has 2 saturated heterocycles. The highest BCUT2D eigenvalue weighted by Gasteiger charge is 2.50. The van der Waals surface area contributed by atoms with Crippen molar-refractivity contribution < 1.29 is 53.8 Å². The first-order valence-corrected chi connectivity index (χ1v) is 14.6. The maximum Gasteiger partial charge on any atom is 0.202 e. The molecule has 4 aliphatic rings. The van der Waals surface area contributed by atoms with Crippen LogP contribution in [0.15, 0.2) is 18.2 Å². The van der Waals surface area contributed by atoms with E-state index in [4.69, 9.17) is 24.7 Å². The van der Waals surface area contributed by atoms with E-state index < -0.39 is 82.6 Å². The molecule has 2 aromatic rings. The molecule has 13 heteroatoms. The molecular weight excluding hydrogens is 576 g/mol. The van der Waals surface area contributed by atoms with E-state index in [2.05, 4.69) is 0 Å². The lowest BCUT2D eigenvalue weighted by Crippen LogP contribution is -2.54. The summed E-state index contributed by atoms with van der Waals surface area (Å²) >= 11 is 0. The van der Waals surface area contributed by atoms with Crippen molar-refractivity contribution >= 4 is 17.3 Å². The van der Waals surface area contributed by atoms with E-state index in [0.29, 0.717) is 26.3 Å². The molecule has 0 spiro atoms. The predicted molar refractivity (Wildman–Crippen MR) is 152 cm³/mol. The number of hydrogen-bond acceptors (Lipinski definition) is 13. The van der Waals surface area contributed by atoms with Gasteiger partial charge in [0.2, 0.25) is 5.78 Å². The quantitative estimate of drug-likeness (QED) is 0.239. The van der Waals surface area contributed by atoms with Crippen molar-refractivity contribution in [1.29, 1.82) is 0 Å². The zero-order valence-corrected chi connectivity index (χ0v) is 24.4. The van der Waals surface area contributed by atoms with E-state index in [1.165, 1.54) is 25.3 Å². The summed E-state index contributed by atoms with van der Waals surface area (Å²) in [6.45, 7) is 3.38. The van der Waals surface area contributed by atoms with E-state index in [1.54, 1.807) is 6.92 Å². The van der Waals surface area contributed by atoms with E-state index in [9.17, 15) is 34.8 Å². The Balaban J connectivity index is 1.46. The number of aliphatic hydroxyl groups is 2. The van der Waals surface area contributed by atoms with Gasteiger partial charge < -0.3 is 45.1 Å². The van der Waals surface area contributed by atoms with E-state index in [-0.39, 0.29) is 47.4 Å². The fourth-order valence-electron chi connectivity index (χ4n) is 6.71. The van der Waals surface area contributed by atoms with Gasteiger partial charge in [0, 0.05) is 55.1 Å². The van der Waals surface area contributed by atoms with Gasteiger partial charge in [-0.25, -0.2) is 0 Å². The summed E-state index contributed by atoms with van der Waals surface area (Å²) in [6.07, 6.45) is -4.68. The van der Waals surface area contributed by atoms with Crippen LogP contribution in [0.2, 0.25) is 0 Å². The lowest BCUT2D eigenvalue weighted by molar-refractivity contribution is -0.247. The topological polar surface area (TPSA) is 198 Å². The highest BCUT2D eigenvalue weighted by Crippen LogP contribution is 2.52. The number of ether oxygens (including phenoxy) is 4. The Morgan fingerprint density at radius 3 is 2.50 bits per heavy atom. The van der Waals surface area contributed by atoms with Crippen molar-refractivity contribution in [2.24, 2.45) is 5.73 Å². The van der Waals surface area contributed by atoms with Crippen LogP contribution in [-0.2, 0) is 25.4 Å². The number of carbonyl (C=O) groups is 3. The van der Waals surface area contributed by atoms with Crippen molar-refractivity contribution in [2.75, 3.05) is 40.0 Å². The van der Waals surface area contributed by atoms with Crippen LogP contribution < -0.4 is 10.5 Å². The van der Waals surface area contributed by atoms with Gasteiger partial charge in [-0.3, -0.25) is 19.3 Å². The van der Waals surface area contributed by atoms with E-state index in [0.717, 1.165) is 0 Å². The Morgan fingerprint density at radius 2 is 1.82 bits per heavy atom. The monoisotopic (exact) mass is 612 g/mol. The van der Waals surface area contributed by atoms with E-state index in [1.807, 2.05) is 4.90 Å². The molecule has 2 fully saturated rings. The molecule has 0 aromatic heterocycles. The van der Waals surface area contributed by atoms with Crippen LogP contribution in [-0.4, -0.2) is 113 Å².